The molecule has 0 amide bonds. The van der Waals surface area contributed by atoms with Crippen LogP contribution < -0.4 is 19.5 Å². The van der Waals surface area contributed by atoms with E-state index >= 15 is 0 Å². The third kappa shape index (κ3) is 3.62. The number of halogens is 1. The van der Waals surface area contributed by atoms with E-state index in [0.717, 1.165) is 0 Å². The fraction of sp³-hybridized carbons (Fsp3) is 0.214. The zero-order valence-electron chi connectivity index (χ0n) is 12.6. The Labute approximate surface area is 140 Å². The van der Waals surface area contributed by atoms with Crippen molar-refractivity contribution in [2.24, 2.45) is 0 Å². The van der Waals surface area contributed by atoms with Crippen molar-refractivity contribution < 1.29 is 19.1 Å². The van der Waals surface area contributed by atoms with Gasteiger partial charge in [0.2, 0.25) is 11.6 Å². The smallest absolute Gasteiger partial charge is 0.312 e. The van der Waals surface area contributed by atoms with Crippen LogP contribution >= 0.6 is 15.9 Å². The molecule has 1 aromatic carbocycles. The minimum Gasteiger partial charge on any atom is -0.493 e. The number of pyridine rings is 1. The van der Waals surface area contributed by atoms with E-state index in [1.807, 2.05) is 0 Å². The highest BCUT2D eigenvalue weighted by atomic mass is 79.9. The fourth-order valence-electron chi connectivity index (χ4n) is 1.95. The monoisotopic (exact) mass is 383 g/mol. The maximum Gasteiger partial charge on any atom is 0.312 e. The normalized spacial score (nSPS) is 10.1. The van der Waals surface area contributed by atoms with Crippen LogP contribution in [0, 0.1) is 10.1 Å². The molecule has 0 saturated heterocycles. The molecular formula is C14H14BrN3O5. The molecule has 0 aliphatic heterocycles. The van der Waals surface area contributed by atoms with Crippen LogP contribution in [-0.2, 0) is 0 Å². The third-order valence-corrected chi connectivity index (χ3v) is 3.39. The molecule has 0 aliphatic rings. The number of benzene rings is 1. The molecule has 0 atom stereocenters. The average molecular weight is 384 g/mol. The lowest BCUT2D eigenvalue weighted by atomic mass is 10.2. The largest absolute Gasteiger partial charge is 0.493 e. The lowest BCUT2D eigenvalue weighted by Crippen LogP contribution is -2.01. The topological polar surface area (TPSA) is 95.8 Å². The van der Waals surface area contributed by atoms with Gasteiger partial charge in [0.1, 0.15) is 0 Å². The molecule has 23 heavy (non-hydrogen) atoms. The lowest BCUT2D eigenvalue weighted by Gasteiger charge is -2.14. The molecule has 1 heterocycles. The lowest BCUT2D eigenvalue weighted by molar-refractivity contribution is -0.384. The summed E-state index contributed by atoms with van der Waals surface area (Å²) in [6.45, 7) is 0. The summed E-state index contributed by atoms with van der Waals surface area (Å²) < 4.78 is 16.2. The number of hydrogen-bond donors (Lipinski definition) is 1. The van der Waals surface area contributed by atoms with Crippen molar-refractivity contribution in [1.82, 2.24) is 4.98 Å². The van der Waals surface area contributed by atoms with Gasteiger partial charge >= 0.3 is 5.69 Å². The number of methoxy groups -OCH3 is 3. The second-order valence-corrected chi connectivity index (χ2v) is 5.23. The van der Waals surface area contributed by atoms with Crippen LogP contribution in [0.15, 0.2) is 28.9 Å². The third-order valence-electron chi connectivity index (χ3n) is 2.96. The van der Waals surface area contributed by atoms with Crippen molar-refractivity contribution in [2.45, 2.75) is 0 Å². The van der Waals surface area contributed by atoms with E-state index in [1.165, 1.54) is 33.6 Å². The van der Waals surface area contributed by atoms with Crippen molar-refractivity contribution in [3.05, 3.63) is 39.0 Å². The Morgan fingerprint density at radius 2 is 1.74 bits per heavy atom. The summed E-state index contributed by atoms with van der Waals surface area (Å²) in [5, 5.41) is 14.0. The Morgan fingerprint density at radius 3 is 2.22 bits per heavy atom. The first-order valence-electron chi connectivity index (χ1n) is 6.37. The molecule has 0 bridgehead atoms. The van der Waals surface area contributed by atoms with E-state index < -0.39 is 4.92 Å². The van der Waals surface area contributed by atoms with Gasteiger partial charge < -0.3 is 19.5 Å². The molecule has 122 valence electrons. The molecular weight excluding hydrogens is 370 g/mol. The van der Waals surface area contributed by atoms with E-state index in [1.54, 1.807) is 12.1 Å². The van der Waals surface area contributed by atoms with Gasteiger partial charge in [-0.05, 0) is 15.9 Å². The van der Waals surface area contributed by atoms with E-state index in [-0.39, 0.29) is 11.5 Å². The van der Waals surface area contributed by atoms with E-state index in [9.17, 15) is 10.1 Å². The second kappa shape index (κ2) is 7.14. The van der Waals surface area contributed by atoms with Crippen LogP contribution in [0.5, 0.6) is 17.2 Å². The molecule has 8 nitrogen and oxygen atoms in total. The van der Waals surface area contributed by atoms with Crippen LogP contribution in [0.2, 0.25) is 0 Å². The molecule has 0 saturated carbocycles. The van der Waals surface area contributed by atoms with Gasteiger partial charge in [-0.2, -0.15) is 0 Å². The molecule has 0 radical (unpaired) electrons. The van der Waals surface area contributed by atoms with Crippen LogP contribution in [0.4, 0.5) is 17.2 Å². The molecule has 0 unspecified atom stereocenters. The Bertz CT molecular complexity index is 713. The maximum absolute atomic E-state index is 11.1. The highest BCUT2D eigenvalue weighted by Gasteiger charge is 2.18. The summed E-state index contributed by atoms with van der Waals surface area (Å²) in [6.07, 6.45) is 1.47. The van der Waals surface area contributed by atoms with Gasteiger partial charge in [0.25, 0.3) is 0 Å². The van der Waals surface area contributed by atoms with Crippen molar-refractivity contribution in [3.63, 3.8) is 0 Å². The predicted molar refractivity (Wildman–Crippen MR) is 88.0 cm³/mol. The average Bonchev–Trinajstić information content (AvgIpc) is 2.55. The molecule has 2 rings (SSSR count). The maximum atomic E-state index is 11.1. The molecule has 0 fully saturated rings. The number of nitrogens with zero attached hydrogens (tertiary/aromatic N) is 2. The summed E-state index contributed by atoms with van der Waals surface area (Å²) >= 11 is 3.16. The van der Waals surface area contributed by atoms with Gasteiger partial charge in [-0.3, -0.25) is 10.1 Å². The number of aromatic nitrogens is 1. The van der Waals surface area contributed by atoms with Gasteiger partial charge in [-0.25, -0.2) is 4.98 Å². The molecule has 1 N–H and O–H groups in total. The zero-order valence-corrected chi connectivity index (χ0v) is 14.2. The summed E-state index contributed by atoms with van der Waals surface area (Å²) in [5.41, 5.74) is 0.352. The highest BCUT2D eigenvalue weighted by molar-refractivity contribution is 9.10. The Kier molecular flexibility index (Phi) is 5.22. The summed E-state index contributed by atoms with van der Waals surface area (Å²) in [4.78, 5) is 14.7. The Balaban J connectivity index is 2.47. The molecule has 9 heteroatoms. The molecule has 0 aliphatic carbocycles. The van der Waals surface area contributed by atoms with Crippen LogP contribution in [0.3, 0.4) is 0 Å². The van der Waals surface area contributed by atoms with Gasteiger partial charge in [-0.15, -0.1) is 0 Å². The van der Waals surface area contributed by atoms with Crippen LogP contribution in [-0.4, -0.2) is 31.2 Å². The number of nitro groups is 1. The van der Waals surface area contributed by atoms with E-state index in [0.29, 0.717) is 27.4 Å². The van der Waals surface area contributed by atoms with Crippen molar-refractivity contribution in [3.8, 4) is 17.2 Å². The fourth-order valence-corrected chi connectivity index (χ4v) is 2.27. The Hall–Kier alpha value is -2.55. The van der Waals surface area contributed by atoms with Gasteiger partial charge in [0, 0.05) is 34.6 Å². The van der Waals surface area contributed by atoms with Crippen molar-refractivity contribution >= 4 is 33.1 Å². The zero-order chi connectivity index (χ0) is 17.0. The standard InChI is InChI=1S/C14H14BrN3O5/c1-21-11-5-9(6-12(22-2)13(11)23-3)17-14-10(18(19)20)4-8(15)7-16-14/h4-7H,1-3H3,(H,16,17). The quantitative estimate of drug-likeness (QED) is 0.601. The molecule has 0 spiro atoms. The van der Waals surface area contributed by atoms with Crippen molar-refractivity contribution in [1.29, 1.82) is 0 Å². The number of rotatable bonds is 6. The molecule has 2 aromatic rings. The summed E-state index contributed by atoms with van der Waals surface area (Å²) in [6, 6.07) is 4.64. The SMILES string of the molecule is COc1cc(Nc2ncc(Br)cc2[N+](=O)[O-])cc(OC)c1OC. The van der Waals surface area contributed by atoms with Crippen LogP contribution in [0.25, 0.3) is 0 Å². The summed E-state index contributed by atoms with van der Waals surface area (Å²) in [7, 11) is 4.47. The number of anilines is 2. The minimum atomic E-state index is -0.516. The number of nitrogens with one attached hydrogen (secondary N) is 1. The van der Waals surface area contributed by atoms with Gasteiger partial charge in [0.15, 0.2) is 11.5 Å². The minimum absolute atomic E-state index is 0.104. The summed E-state index contributed by atoms with van der Waals surface area (Å²) in [5.74, 6) is 1.38. The van der Waals surface area contributed by atoms with E-state index in [2.05, 4.69) is 26.2 Å². The number of hydrogen-bond acceptors (Lipinski definition) is 7. The van der Waals surface area contributed by atoms with Gasteiger partial charge in [-0.1, -0.05) is 0 Å². The predicted octanol–water partition coefficient (Wildman–Crippen LogP) is 3.52. The van der Waals surface area contributed by atoms with Crippen molar-refractivity contribution in [2.75, 3.05) is 26.6 Å². The highest BCUT2D eigenvalue weighted by Crippen LogP contribution is 2.41. The molecule has 1 aromatic heterocycles. The first-order chi connectivity index (χ1) is 11.0. The van der Waals surface area contributed by atoms with Gasteiger partial charge in [0.05, 0.1) is 26.3 Å². The Morgan fingerprint density at radius 1 is 1.13 bits per heavy atom. The first-order valence-corrected chi connectivity index (χ1v) is 7.16. The number of ether oxygens (including phenoxy) is 3. The first kappa shape index (κ1) is 16.8. The second-order valence-electron chi connectivity index (χ2n) is 4.32. The van der Waals surface area contributed by atoms with Crippen LogP contribution in [0.1, 0.15) is 0 Å². The van der Waals surface area contributed by atoms with E-state index in [4.69, 9.17) is 14.2 Å².